The molecule has 1 atom stereocenters. The van der Waals surface area contributed by atoms with Crippen molar-refractivity contribution >= 4 is 0 Å². The highest BCUT2D eigenvalue weighted by Gasteiger charge is 2.29. The van der Waals surface area contributed by atoms with Gasteiger partial charge in [-0.3, -0.25) is 0 Å². The smallest absolute Gasteiger partial charge is 0.0431 e. The second kappa shape index (κ2) is 4.24. The van der Waals surface area contributed by atoms with Crippen LogP contribution in [0.25, 0.3) is 0 Å². The maximum Gasteiger partial charge on any atom is 0.0431 e. The van der Waals surface area contributed by atoms with Crippen LogP contribution in [0.4, 0.5) is 0 Å². The highest BCUT2D eigenvalue weighted by atomic mass is 16.2. The Hall–Kier alpha value is -0.0800. The zero-order valence-corrected chi connectivity index (χ0v) is 8.27. The average molecular weight is 171 g/mol. The second-order valence-electron chi connectivity index (χ2n) is 4.67. The summed E-state index contributed by atoms with van der Waals surface area (Å²) in [6.45, 7) is 6.12. The first-order valence-electron chi connectivity index (χ1n) is 4.98. The molecule has 1 aliphatic rings. The largest absolute Gasteiger partial charge is 0.396 e. The van der Waals surface area contributed by atoms with Gasteiger partial charge in [-0.05, 0) is 31.1 Å². The number of hydrogen-bond donors (Lipinski definition) is 2. The van der Waals surface area contributed by atoms with E-state index < -0.39 is 0 Å². The van der Waals surface area contributed by atoms with Gasteiger partial charge in [-0.2, -0.15) is 0 Å². The van der Waals surface area contributed by atoms with Crippen LogP contribution in [0.3, 0.4) is 0 Å². The van der Waals surface area contributed by atoms with Crippen molar-refractivity contribution in [2.45, 2.75) is 45.6 Å². The Kier molecular flexibility index (Phi) is 3.53. The molecule has 2 N–H and O–H groups in total. The molecule has 0 aromatic carbocycles. The number of unbranched alkanes of at least 4 members (excludes halogenated alkanes) is 1. The Balaban J connectivity index is 2.11. The topological polar surface area (TPSA) is 32.3 Å². The van der Waals surface area contributed by atoms with Gasteiger partial charge in [0, 0.05) is 19.2 Å². The molecule has 0 aliphatic carbocycles. The lowest BCUT2D eigenvalue weighted by Crippen LogP contribution is -2.21. The molecule has 1 rings (SSSR count). The van der Waals surface area contributed by atoms with Gasteiger partial charge < -0.3 is 10.4 Å². The molecule has 1 unspecified atom stereocenters. The van der Waals surface area contributed by atoms with Gasteiger partial charge in [0.15, 0.2) is 0 Å². The maximum absolute atomic E-state index is 8.62. The van der Waals surface area contributed by atoms with Gasteiger partial charge in [-0.15, -0.1) is 0 Å². The van der Waals surface area contributed by atoms with E-state index in [4.69, 9.17) is 5.11 Å². The van der Waals surface area contributed by atoms with Crippen LogP contribution in [0.5, 0.6) is 0 Å². The van der Waals surface area contributed by atoms with Gasteiger partial charge in [0.25, 0.3) is 0 Å². The van der Waals surface area contributed by atoms with Crippen molar-refractivity contribution in [3.63, 3.8) is 0 Å². The van der Waals surface area contributed by atoms with Gasteiger partial charge in [-0.1, -0.05) is 13.8 Å². The van der Waals surface area contributed by atoms with Gasteiger partial charge in [0.05, 0.1) is 0 Å². The molecule has 0 bridgehead atoms. The third-order valence-electron chi connectivity index (χ3n) is 2.63. The normalized spacial score (nSPS) is 27.8. The van der Waals surface area contributed by atoms with Gasteiger partial charge in [0.1, 0.15) is 0 Å². The summed E-state index contributed by atoms with van der Waals surface area (Å²) >= 11 is 0. The SMILES string of the molecule is CC1(C)CNC(CCCCO)C1. The fourth-order valence-electron chi connectivity index (χ4n) is 1.94. The summed E-state index contributed by atoms with van der Waals surface area (Å²) in [5, 5.41) is 12.1. The monoisotopic (exact) mass is 171 g/mol. The minimum atomic E-state index is 0.343. The van der Waals surface area contributed by atoms with Crippen LogP contribution in [-0.4, -0.2) is 24.3 Å². The van der Waals surface area contributed by atoms with E-state index in [1.54, 1.807) is 0 Å². The average Bonchev–Trinajstić information content (AvgIpc) is 2.31. The molecule has 1 fully saturated rings. The third kappa shape index (κ3) is 3.11. The Morgan fingerprint density at radius 1 is 1.42 bits per heavy atom. The van der Waals surface area contributed by atoms with Crippen molar-refractivity contribution in [1.82, 2.24) is 5.32 Å². The quantitative estimate of drug-likeness (QED) is 0.629. The first-order chi connectivity index (χ1) is 5.64. The Bertz CT molecular complexity index is 134. The van der Waals surface area contributed by atoms with E-state index >= 15 is 0 Å². The molecule has 0 radical (unpaired) electrons. The molecule has 0 saturated carbocycles. The van der Waals surface area contributed by atoms with E-state index in [1.165, 1.54) is 12.8 Å². The molecule has 72 valence electrons. The summed E-state index contributed by atoms with van der Waals surface area (Å²) in [7, 11) is 0. The summed E-state index contributed by atoms with van der Waals surface area (Å²) in [5.74, 6) is 0. The molecule has 0 spiro atoms. The molecule has 12 heavy (non-hydrogen) atoms. The Labute approximate surface area is 75.4 Å². The summed E-state index contributed by atoms with van der Waals surface area (Å²) in [6.07, 6.45) is 4.63. The van der Waals surface area contributed by atoms with Crippen molar-refractivity contribution in [2.24, 2.45) is 5.41 Å². The highest BCUT2D eigenvalue weighted by molar-refractivity contribution is 4.87. The predicted octanol–water partition coefficient (Wildman–Crippen LogP) is 1.54. The highest BCUT2D eigenvalue weighted by Crippen LogP contribution is 2.28. The zero-order valence-electron chi connectivity index (χ0n) is 8.27. The second-order valence-corrected chi connectivity index (χ2v) is 4.67. The fourth-order valence-corrected chi connectivity index (χ4v) is 1.94. The lowest BCUT2D eigenvalue weighted by Gasteiger charge is -2.15. The lowest BCUT2D eigenvalue weighted by atomic mass is 9.89. The van der Waals surface area contributed by atoms with Gasteiger partial charge in [-0.25, -0.2) is 0 Å². The molecule has 1 saturated heterocycles. The van der Waals surface area contributed by atoms with E-state index in [0.717, 1.165) is 19.4 Å². The standard InChI is InChI=1S/C10H21NO/c1-10(2)7-9(11-8-10)5-3-4-6-12/h9,11-12H,3-8H2,1-2H3. The molecule has 1 heterocycles. The van der Waals surface area contributed by atoms with Crippen LogP contribution in [-0.2, 0) is 0 Å². The first kappa shape index (κ1) is 10.0. The van der Waals surface area contributed by atoms with Crippen LogP contribution in [0.1, 0.15) is 39.5 Å². The molecular formula is C10H21NO. The predicted molar refractivity (Wildman–Crippen MR) is 51.1 cm³/mol. The molecule has 2 heteroatoms. The first-order valence-corrected chi connectivity index (χ1v) is 4.98. The van der Waals surface area contributed by atoms with E-state index in [9.17, 15) is 0 Å². The molecule has 1 aliphatic heterocycles. The molecule has 0 aromatic heterocycles. The Morgan fingerprint density at radius 3 is 2.67 bits per heavy atom. The van der Waals surface area contributed by atoms with Crippen molar-refractivity contribution < 1.29 is 5.11 Å². The Morgan fingerprint density at radius 2 is 2.17 bits per heavy atom. The lowest BCUT2D eigenvalue weighted by molar-refractivity contribution is 0.279. The third-order valence-corrected chi connectivity index (χ3v) is 2.63. The molecule has 2 nitrogen and oxygen atoms in total. The van der Waals surface area contributed by atoms with Crippen molar-refractivity contribution in [1.29, 1.82) is 0 Å². The van der Waals surface area contributed by atoms with Crippen LogP contribution in [0, 0.1) is 5.41 Å². The number of aliphatic hydroxyl groups excluding tert-OH is 1. The van der Waals surface area contributed by atoms with Gasteiger partial charge in [0.2, 0.25) is 0 Å². The molecule has 0 aromatic rings. The van der Waals surface area contributed by atoms with Crippen LogP contribution in [0.15, 0.2) is 0 Å². The van der Waals surface area contributed by atoms with E-state index in [1.807, 2.05) is 0 Å². The molecular weight excluding hydrogens is 150 g/mol. The number of aliphatic hydroxyl groups is 1. The maximum atomic E-state index is 8.62. The van der Waals surface area contributed by atoms with Crippen molar-refractivity contribution in [2.75, 3.05) is 13.2 Å². The van der Waals surface area contributed by atoms with E-state index in [0.29, 0.717) is 18.1 Å². The van der Waals surface area contributed by atoms with E-state index in [-0.39, 0.29) is 0 Å². The fraction of sp³-hybridized carbons (Fsp3) is 1.00. The summed E-state index contributed by atoms with van der Waals surface area (Å²) < 4.78 is 0. The van der Waals surface area contributed by atoms with E-state index in [2.05, 4.69) is 19.2 Å². The minimum Gasteiger partial charge on any atom is -0.396 e. The molecule has 0 amide bonds. The summed E-state index contributed by atoms with van der Waals surface area (Å²) in [4.78, 5) is 0. The van der Waals surface area contributed by atoms with Crippen LogP contribution >= 0.6 is 0 Å². The van der Waals surface area contributed by atoms with Gasteiger partial charge >= 0.3 is 0 Å². The number of nitrogens with one attached hydrogen (secondary N) is 1. The minimum absolute atomic E-state index is 0.343. The summed E-state index contributed by atoms with van der Waals surface area (Å²) in [5.41, 5.74) is 0.490. The zero-order chi connectivity index (χ0) is 9.03. The summed E-state index contributed by atoms with van der Waals surface area (Å²) in [6, 6.07) is 0.701. The van der Waals surface area contributed by atoms with Crippen molar-refractivity contribution in [3.05, 3.63) is 0 Å². The number of rotatable bonds is 4. The number of hydrogen-bond acceptors (Lipinski definition) is 2. The van der Waals surface area contributed by atoms with Crippen LogP contribution in [0.2, 0.25) is 0 Å². The van der Waals surface area contributed by atoms with Crippen LogP contribution < -0.4 is 5.32 Å². The van der Waals surface area contributed by atoms with Crippen molar-refractivity contribution in [3.8, 4) is 0 Å².